The van der Waals surface area contributed by atoms with Crippen molar-refractivity contribution < 1.29 is 10.2 Å². The molecule has 2 nitrogen and oxygen atoms in total. The Bertz CT molecular complexity index is 554. The zero-order valence-corrected chi connectivity index (χ0v) is 14.7. The zero-order valence-electron chi connectivity index (χ0n) is 14.7. The largest absolute Gasteiger partial charge is 0.396 e. The van der Waals surface area contributed by atoms with Gasteiger partial charge in [0.05, 0.1) is 6.10 Å². The van der Waals surface area contributed by atoms with Gasteiger partial charge < -0.3 is 10.2 Å². The number of aliphatic hydroxyl groups is 2. The minimum absolute atomic E-state index is 0.184. The van der Waals surface area contributed by atoms with Crippen LogP contribution >= 0.6 is 0 Å². The van der Waals surface area contributed by atoms with Crippen molar-refractivity contribution in [2.45, 2.75) is 64.9 Å². The lowest BCUT2D eigenvalue weighted by Crippen LogP contribution is -2.52. The second-order valence-electron chi connectivity index (χ2n) is 9.88. The Morgan fingerprint density at radius 1 is 1.26 bits per heavy atom. The number of rotatable bonds is 1. The molecule has 5 rings (SSSR count). The van der Waals surface area contributed by atoms with Gasteiger partial charge in [-0.2, -0.15) is 0 Å². The van der Waals surface area contributed by atoms with Crippen LogP contribution in [-0.2, 0) is 0 Å². The summed E-state index contributed by atoms with van der Waals surface area (Å²) in [6.45, 7) is 5.42. The molecule has 0 aliphatic heterocycles. The molecule has 0 unspecified atom stereocenters. The Balaban J connectivity index is 1.54. The summed E-state index contributed by atoms with van der Waals surface area (Å²) >= 11 is 0. The lowest BCUT2D eigenvalue weighted by atomic mass is 9.46. The molecule has 0 aromatic carbocycles. The van der Waals surface area contributed by atoms with E-state index in [0.29, 0.717) is 23.4 Å². The Kier molecular flexibility index (Phi) is 3.01. The normalized spacial score (nSPS) is 60.2. The first-order valence-electron chi connectivity index (χ1n) is 10.0. The summed E-state index contributed by atoms with van der Waals surface area (Å²) in [6.07, 6.45) is 10.8. The van der Waals surface area contributed by atoms with Crippen molar-refractivity contribution in [3.63, 3.8) is 0 Å². The fraction of sp³-hybridized carbons (Fsp3) is 0.905. The van der Waals surface area contributed by atoms with Crippen LogP contribution in [-0.4, -0.2) is 22.9 Å². The van der Waals surface area contributed by atoms with Gasteiger partial charge in [-0.25, -0.2) is 0 Å². The Hall–Kier alpha value is -0.340. The molecule has 2 N–H and O–H groups in total. The molecule has 0 aromatic heterocycles. The molecule has 128 valence electrons. The van der Waals surface area contributed by atoms with Gasteiger partial charge in [0.25, 0.3) is 0 Å². The van der Waals surface area contributed by atoms with Crippen molar-refractivity contribution in [1.82, 2.24) is 0 Å². The fourth-order valence-corrected chi connectivity index (χ4v) is 8.43. The summed E-state index contributed by atoms with van der Waals surface area (Å²) in [5.74, 6) is 4.70. The van der Waals surface area contributed by atoms with E-state index in [2.05, 4.69) is 19.9 Å². The zero-order chi connectivity index (χ0) is 16.0. The number of fused-ring (bicyclic) bond motifs is 3. The predicted molar refractivity (Wildman–Crippen MR) is 90.6 cm³/mol. The molecule has 2 heteroatoms. The van der Waals surface area contributed by atoms with Gasteiger partial charge >= 0.3 is 0 Å². The first-order chi connectivity index (χ1) is 11.0. The highest BCUT2D eigenvalue weighted by atomic mass is 16.3. The topological polar surface area (TPSA) is 40.5 Å². The highest BCUT2D eigenvalue weighted by Gasteiger charge is 2.77. The minimum atomic E-state index is -0.184. The average Bonchev–Trinajstić information content (AvgIpc) is 3.17. The van der Waals surface area contributed by atoms with Crippen LogP contribution in [0.25, 0.3) is 0 Å². The van der Waals surface area contributed by atoms with Gasteiger partial charge in [0, 0.05) is 6.61 Å². The summed E-state index contributed by atoms with van der Waals surface area (Å²) in [4.78, 5) is 0. The van der Waals surface area contributed by atoms with Crippen LogP contribution < -0.4 is 0 Å². The van der Waals surface area contributed by atoms with Crippen LogP contribution in [0.5, 0.6) is 0 Å². The molecule has 23 heavy (non-hydrogen) atoms. The SMILES string of the molecule is C[C@@H]1CC2=C[C@@H](O)CC[C@@H]2[C@H]2CC[C@]3(C)[C@H](CO)C[C@@H]4C[C@]43[C@@H]21. The van der Waals surface area contributed by atoms with Crippen molar-refractivity contribution in [3.8, 4) is 0 Å². The third-order valence-corrected chi connectivity index (χ3v) is 9.30. The van der Waals surface area contributed by atoms with Crippen LogP contribution in [0.4, 0.5) is 0 Å². The van der Waals surface area contributed by atoms with Crippen molar-refractivity contribution in [2.75, 3.05) is 6.61 Å². The van der Waals surface area contributed by atoms with Crippen LogP contribution in [0.3, 0.4) is 0 Å². The predicted octanol–water partition coefficient (Wildman–Crippen LogP) is 3.77. The first kappa shape index (κ1) is 15.0. The molecule has 0 aromatic rings. The number of hydrogen-bond donors (Lipinski definition) is 2. The number of hydrogen-bond acceptors (Lipinski definition) is 2. The molecule has 1 spiro atoms. The molecule has 0 heterocycles. The summed E-state index contributed by atoms with van der Waals surface area (Å²) in [7, 11) is 0. The summed E-state index contributed by atoms with van der Waals surface area (Å²) in [5.41, 5.74) is 2.55. The fourth-order valence-electron chi connectivity index (χ4n) is 8.43. The molecule has 0 bridgehead atoms. The van der Waals surface area contributed by atoms with E-state index in [9.17, 15) is 10.2 Å². The van der Waals surface area contributed by atoms with Crippen molar-refractivity contribution in [1.29, 1.82) is 0 Å². The highest BCUT2D eigenvalue weighted by molar-refractivity contribution is 5.29. The van der Waals surface area contributed by atoms with Gasteiger partial charge in [0.1, 0.15) is 0 Å². The maximum Gasteiger partial charge on any atom is 0.0723 e. The van der Waals surface area contributed by atoms with Crippen molar-refractivity contribution >= 4 is 0 Å². The van der Waals surface area contributed by atoms with E-state index >= 15 is 0 Å². The summed E-state index contributed by atoms with van der Waals surface area (Å²) < 4.78 is 0. The molecule has 0 radical (unpaired) electrons. The monoisotopic (exact) mass is 316 g/mol. The Morgan fingerprint density at radius 2 is 2.09 bits per heavy atom. The van der Waals surface area contributed by atoms with Gasteiger partial charge in [-0.15, -0.1) is 0 Å². The third-order valence-electron chi connectivity index (χ3n) is 9.30. The molecule has 4 saturated carbocycles. The van der Waals surface area contributed by atoms with E-state index in [-0.39, 0.29) is 6.10 Å². The standard InChI is InChI=1S/C21H32O2/c1-12-7-13-8-16(23)3-4-17(13)18-5-6-20(2)15(11-22)9-14-10-21(14,20)19(12)18/h8,12,14-19,22-23H,3-7,9-11H2,1-2H3/t12-,14-,15+,16+,17+,18-,19-,20-,21-/m1/s1. The van der Waals surface area contributed by atoms with Crippen LogP contribution in [0.2, 0.25) is 0 Å². The second kappa shape index (κ2) is 4.64. The highest BCUT2D eigenvalue weighted by Crippen LogP contribution is 2.83. The van der Waals surface area contributed by atoms with Gasteiger partial charge in [-0.3, -0.25) is 0 Å². The van der Waals surface area contributed by atoms with Gasteiger partial charge in [-0.1, -0.05) is 25.5 Å². The summed E-state index contributed by atoms with van der Waals surface area (Å²) in [5, 5.41) is 20.0. The third kappa shape index (κ3) is 1.68. The van der Waals surface area contributed by atoms with E-state index in [1.165, 1.54) is 38.5 Å². The Morgan fingerprint density at radius 3 is 2.87 bits per heavy atom. The van der Waals surface area contributed by atoms with Crippen LogP contribution in [0.15, 0.2) is 11.6 Å². The van der Waals surface area contributed by atoms with Gasteiger partial charge in [0.2, 0.25) is 0 Å². The minimum Gasteiger partial charge on any atom is -0.396 e. The second-order valence-corrected chi connectivity index (χ2v) is 9.88. The Labute approximate surface area is 140 Å². The van der Waals surface area contributed by atoms with Gasteiger partial charge in [-0.05, 0) is 91.3 Å². The smallest absolute Gasteiger partial charge is 0.0723 e. The quantitative estimate of drug-likeness (QED) is 0.723. The van der Waals surface area contributed by atoms with Crippen molar-refractivity contribution in [2.24, 2.45) is 46.3 Å². The molecular weight excluding hydrogens is 284 g/mol. The van der Waals surface area contributed by atoms with E-state index in [1.807, 2.05) is 0 Å². The molecule has 9 atom stereocenters. The molecule has 5 aliphatic carbocycles. The molecule has 5 aliphatic rings. The molecule has 0 amide bonds. The maximum atomic E-state index is 10.0. The van der Waals surface area contributed by atoms with E-state index < -0.39 is 0 Å². The van der Waals surface area contributed by atoms with Gasteiger partial charge in [0.15, 0.2) is 0 Å². The van der Waals surface area contributed by atoms with E-state index in [1.54, 1.807) is 5.57 Å². The lowest BCUT2D eigenvalue weighted by Gasteiger charge is -2.58. The van der Waals surface area contributed by atoms with E-state index in [4.69, 9.17) is 0 Å². The first-order valence-corrected chi connectivity index (χ1v) is 10.0. The molecule has 0 saturated heterocycles. The number of allylic oxidation sites excluding steroid dienone is 1. The average molecular weight is 316 g/mol. The van der Waals surface area contributed by atoms with E-state index in [0.717, 1.165) is 36.0 Å². The van der Waals surface area contributed by atoms with Crippen LogP contribution in [0, 0.1) is 46.3 Å². The summed E-state index contributed by atoms with van der Waals surface area (Å²) in [6, 6.07) is 0. The maximum absolute atomic E-state index is 10.0. The van der Waals surface area contributed by atoms with Crippen LogP contribution in [0.1, 0.15) is 58.8 Å². The number of aliphatic hydroxyl groups excluding tert-OH is 2. The van der Waals surface area contributed by atoms with Crippen molar-refractivity contribution in [3.05, 3.63) is 11.6 Å². The lowest BCUT2D eigenvalue weighted by molar-refractivity contribution is -0.0858. The molecular formula is C21H32O2. The molecule has 4 fully saturated rings.